The molecular weight excluding hydrogens is 697 g/mol. The van der Waals surface area contributed by atoms with Crippen molar-refractivity contribution in [1.82, 2.24) is 0 Å². The van der Waals surface area contributed by atoms with Crippen LogP contribution in [0.3, 0.4) is 0 Å². The first-order valence-electron chi connectivity index (χ1n) is 24.7. The van der Waals surface area contributed by atoms with Crippen LogP contribution in [0.25, 0.3) is 0 Å². The fourth-order valence-electron chi connectivity index (χ4n) is 7.46. The third-order valence-corrected chi connectivity index (χ3v) is 11.2. The number of esters is 3. The summed E-state index contributed by atoms with van der Waals surface area (Å²) >= 11 is 0. The van der Waals surface area contributed by atoms with Crippen molar-refractivity contribution in [2.24, 2.45) is 11.8 Å². The van der Waals surface area contributed by atoms with Gasteiger partial charge in [0.15, 0.2) is 6.10 Å². The van der Waals surface area contributed by atoms with E-state index >= 15 is 0 Å². The van der Waals surface area contributed by atoms with Gasteiger partial charge in [-0.3, -0.25) is 14.4 Å². The molecule has 1 atom stereocenters. The van der Waals surface area contributed by atoms with E-state index in [0.29, 0.717) is 19.3 Å². The fourth-order valence-corrected chi connectivity index (χ4v) is 7.46. The van der Waals surface area contributed by atoms with Crippen molar-refractivity contribution >= 4 is 17.9 Å². The second-order valence-corrected chi connectivity index (χ2v) is 18.1. The molecule has 0 saturated heterocycles. The predicted molar refractivity (Wildman–Crippen MR) is 238 cm³/mol. The summed E-state index contributed by atoms with van der Waals surface area (Å²) in [4.78, 5) is 37.8. The highest BCUT2D eigenvalue weighted by Gasteiger charge is 2.19. The molecule has 0 aliphatic rings. The molecule has 0 aromatic rings. The lowest BCUT2D eigenvalue weighted by Gasteiger charge is -2.18. The minimum atomic E-state index is -0.760. The molecule has 0 radical (unpaired) electrons. The molecule has 332 valence electrons. The van der Waals surface area contributed by atoms with Gasteiger partial charge in [0.05, 0.1) is 0 Å². The Morgan fingerprint density at radius 3 is 0.875 bits per heavy atom. The van der Waals surface area contributed by atoms with Crippen molar-refractivity contribution in [3.8, 4) is 0 Å². The van der Waals surface area contributed by atoms with Crippen LogP contribution in [0.4, 0.5) is 0 Å². The summed E-state index contributed by atoms with van der Waals surface area (Å²) in [7, 11) is 0. The molecule has 0 fully saturated rings. The molecule has 0 spiro atoms. The lowest BCUT2D eigenvalue weighted by molar-refractivity contribution is -0.167. The summed E-state index contributed by atoms with van der Waals surface area (Å²) in [6.07, 6.45) is 42.3. The standard InChI is InChI=1S/C50H96O6/c1-6-7-8-9-10-11-19-25-30-35-40-48(51)54-43-47(44-55-49(52)41-36-31-26-22-21-24-29-34-39-46(4)5)56-50(53)42-37-32-27-20-17-15-13-12-14-16-18-23-28-33-38-45(2)3/h45-47H,6-44H2,1-5H3/t47-/m0/s1. The number of ether oxygens (including phenoxy) is 3. The average molecular weight is 793 g/mol. The molecule has 0 aromatic heterocycles. The molecule has 0 rings (SSSR count). The van der Waals surface area contributed by atoms with Gasteiger partial charge in [0.1, 0.15) is 13.2 Å². The van der Waals surface area contributed by atoms with Crippen LogP contribution in [0.2, 0.25) is 0 Å². The number of hydrogen-bond donors (Lipinski definition) is 0. The maximum absolute atomic E-state index is 12.8. The Kier molecular flexibility index (Phi) is 41.8. The molecule has 0 N–H and O–H groups in total. The topological polar surface area (TPSA) is 78.9 Å². The van der Waals surface area contributed by atoms with Gasteiger partial charge in [-0.1, -0.05) is 234 Å². The van der Waals surface area contributed by atoms with Crippen molar-refractivity contribution in [1.29, 1.82) is 0 Å². The summed E-state index contributed by atoms with van der Waals surface area (Å²) < 4.78 is 16.8. The van der Waals surface area contributed by atoms with Crippen molar-refractivity contribution in [2.45, 2.75) is 278 Å². The van der Waals surface area contributed by atoms with Crippen LogP contribution < -0.4 is 0 Å². The van der Waals surface area contributed by atoms with Gasteiger partial charge in [0.2, 0.25) is 0 Å². The second kappa shape index (κ2) is 43.0. The maximum Gasteiger partial charge on any atom is 0.306 e. The molecule has 0 amide bonds. The molecule has 0 aromatic carbocycles. The zero-order valence-electron chi connectivity index (χ0n) is 38.3. The monoisotopic (exact) mass is 793 g/mol. The largest absolute Gasteiger partial charge is 0.462 e. The van der Waals surface area contributed by atoms with E-state index in [1.165, 1.54) is 161 Å². The van der Waals surface area contributed by atoms with Crippen LogP contribution in [-0.2, 0) is 28.6 Å². The highest BCUT2D eigenvalue weighted by Crippen LogP contribution is 2.17. The summed E-state index contributed by atoms with van der Waals surface area (Å²) in [6.45, 7) is 11.3. The van der Waals surface area contributed by atoms with Crippen molar-refractivity contribution < 1.29 is 28.6 Å². The fraction of sp³-hybridized carbons (Fsp3) is 0.940. The normalized spacial score (nSPS) is 12.1. The van der Waals surface area contributed by atoms with E-state index in [2.05, 4.69) is 34.6 Å². The Morgan fingerprint density at radius 2 is 0.589 bits per heavy atom. The van der Waals surface area contributed by atoms with Gasteiger partial charge in [-0.05, 0) is 31.1 Å². The van der Waals surface area contributed by atoms with E-state index in [9.17, 15) is 14.4 Å². The van der Waals surface area contributed by atoms with Gasteiger partial charge in [-0.25, -0.2) is 0 Å². The van der Waals surface area contributed by atoms with Gasteiger partial charge in [-0.15, -0.1) is 0 Å². The Bertz CT molecular complexity index is 854. The van der Waals surface area contributed by atoms with Crippen LogP contribution in [0.1, 0.15) is 272 Å². The Hall–Kier alpha value is -1.59. The second-order valence-electron chi connectivity index (χ2n) is 18.1. The first-order chi connectivity index (χ1) is 27.2. The lowest BCUT2D eigenvalue weighted by Crippen LogP contribution is -2.30. The average Bonchev–Trinajstić information content (AvgIpc) is 3.16. The van der Waals surface area contributed by atoms with Crippen LogP contribution in [0.15, 0.2) is 0 Å². The molecule has 0 saturated carbocycles. The Balaban J connectivity index is 4.28. The van der Waals surface area contributed by atoms with Gasteiger partial charge >= 0.3 is 17.9 Å². The summed E-state index contributed by atoms with van der Waals surface area (Å²) in [5, 5.41) is 0. The third-order valence-electron chi connectivity index (χ3n) is 11.2. The minimum Gasteiger partial charge on any atom is -0.462 e. The summed E-state index contributed by atoms with van der Waals surface area (Å²) in [5.41, 5.74) is 0. The van der Waals surface area contributed by atoms with Crippen molar-refractivity contribution in [3.05, 3.63) is 0 Å². The van der Waals surface area contributed by atoms with E-state index in [4.69, 9.17) is 14.2 Å². The van der Waals surface area contributed by atoms with Gasteiger partial charge in [-0.2, -0.15) is 0 Å². The first-order valence-corrected chi connectivity index (χ1v) is 24.7. The van der Waals surface area contributed by atoms with Crippen LogP contribution in [0, 0.1) is 11.8 Å². The van der Waals surface area contributed by atoms with E-state index in [1.54, 1.807) is 0 Å². The number of carbonyl (C=O) groups excluding carboxylic acids is 3. The summed E-state index contributed by atoms with van der Waals surface area (Å²) in [5.74, 6) is 0.786. The van der Waals surface area contributed by atoms with Gasteiger partial charge in [0, 0.05) is 19.3 Å². The number of carbonyl (C=O) groups is 3. The van der Waals surface area contributed by atoms with Crippen molar-refractivity contribution in [2.75, 3.05) is 13.2 Å². The van der Waals surface area contributed by atoms with Gasteiger partial charge in [0.25, 0.3) is 0 Å². The van der Waals surface area contributed by atoms with E-state index < -0.39 is 6.10 Å². The molecule has 56 heavy (non-hydrogen) atoms. The van der Waals surface area contributed by atoms with E-state index in [0.717, 1.165) is 69.6 Å². The smallest absolute Gasteiger partial charge is 0.306 e. The zero-order chi connectivity index (χ0) is 41.2. The SMILES string of the molecule is CCCCCCCCCCCCC(=O)OC[C@@H](COC(=O)CCCCCCCCCCC(C)C)OC(=O)CCCCCCCCCCCCCCCCC(C)C. The van der Waals surface area contributed by atoms with E-state index in [-0.39, 0.29) is 31.1 Å². The Labute approximate surface area is 348 Å². The predicted octanol–water partition coefficient (Wildman–Crippen LogP) is 15.8. The Morgan fingerprint density at radius 1 is 0.339 bits per heavy atom. The highest BCUT2D eigenvalue weighted by molar-refractivity contribution is 5.71. The van der Waals surface area contributed by atoms with Crippen molar-refractivity contribution in [3.63, 3.8) is 0 Å². The van der Waals surface area contributed by atoms with Crippen LogP contribution >= 0.6 is 0 Å². The summed E-state index contributed by atoms with van der Waals surface area (Å²) in [6, 6.07) is 0. The maximum atomic E-state index is 12.8. The number of hydrogen-bond acceptors (Lipinski definition) is 6. The quantitative estimate of drug-likeness (QED) is 0.0347. The zero-order valence-corrected chi connectivity index (χ0v) is 38.3. The molecular formula is C50H96O6. The first kappa shape index (κ1) is 54.4. The van der Waals surface area contributed by atoms with Crippen LogP contribution in [0.5, 0.6) is 0 Å². The molecule has 0 bridgehead atoms. The number of rotatable bonds is 44. The molecule has 0 heterocycles. The molecule has 0 aliphatic carbocycles. The van der Waals surface area contributed by atoms with E-state index in [1.807, 2.05) is 0 Å². The minimum absolute atomic E-state index is 0.0644. The molecule has 6 heteroatoms. The molecule has 0 aliphatic heterocycles. The lowest BCUT2D eigenvalue weighted by atomic mass is 10.0. The molecule has 6 nitrogen and oxygen atoms in total. The number of unbranched alkanes of at least 4 members (excludes halogenated alkanes) is 29. The highest BCUT2D eigenvalue weighted by atomic mass is 16.6. The molecule has 0 unspecified atom stereocenters. The van der Waals surface area contributed by atoms with Gasteiger partial charge < -0.3 is 14.2 Å². The van der Waals surface area contributed by atoms with Crippen LogP contribution in [-0.4, -0.2) is 37.2 Å². The third kappa shape index (κ3) is 43.5.